The number of nitrogens with one attached hydrogen (secondary N) is 1. The molecule has 1 unspecified atom stereocenters. The van der Waals surface area contributed by atoms with Gasteiger partial charge in [0.1, 0.15) is 6.61 Å². The zero-order valence-electron chi connectivity index (χ0n) is 17.9. The van der Waals surface area contributed by atoms with Gasteiger partial charge in [0, 0.05) is 5.56 Å². The second-order valence-electron chi connectivity index (χ2n) is 6.74. The van der Waals surface area contributed by atoms with E-state index < -0.39 is 29.3 Å². The smallest absolute Gasteiger partial charge is 0.417 e. The summed E-state index contributed by atoms with van der Waals surface area (Å²) in [6.45, 7) is 3.25. The van der Waals surface area contributed by atoms with Crippen molar-refractivity contribution in [2.45, 2.75) is 32.7 Å². The molecule has 0 spiro atoms. The molecule has 0 aliphatic rings. The second kappa shape index (κ2) is 10.7. The molecule has 170 valence electrons. The molecule has 32 heavy (non-hydrogen) atoms. The van der Waals surface area contributed by atoms with Crippen molar-refractivity contribution < 1.29 is 32.4 Å². The van der Waals surface area contributed by atoms with Gasteiger partial charge >= 0.3 is 12.1 Å². The van der Waals surface area contributed by atoms with Crippen molar-refractivity contribution in [1.82, 2.24) is 5.48 Å². The van der Waals surface area contributed by atoms with Gasteiger partial charge in [-0.15, -0.1) is 0 Å². The number of carbonyl (C=O) groups is 1. The quantitative estimate of drug-likeness (QED) is 0.369. The highest BCUT2D eigenvalue weighted by molar-refractivity contribution is 5.98. The molecule has 2 aromatic rings. The van der Waals surface area contributed by atoms with E-state index in [1.54, 1.807) is 12.1 Å². The first-order chi connectivity index (χ1) is 15.1. The highest BCUT2D eigenvalue weighted by atomic mass is 19.4. The third kappa shape index (κ3) is 5.84. The molecule has 0 aliphatic carbocycles. The standard InChI is InChI=1S/C22H22F3N3O4/c1-13-6-5-7-17(20(28-31-4)21(29)30-3)18(13)12-32-27-14(2)15-8-9-16(11-26)19(10-15)22(23,24)25/h5-10,20,28H,12H2,1-4H3/b27-14+. The van der Waals surface area contributed by atoms with Crippen molar-refractivity contribution in [3.63, 3.8) is 0 Å². The molecular formula is C22H22F3N3O4. The Morgan fingerprint density at radius 2 is 1.97 bits per heavy atom. The van der Waals surface area contributed by atoms with Crippen LogP contribution in [0.5, 0.6) is 0 Å². The van der Waals surface area contributed by atoms with Gasteiger partial charge in [0.2, 0.25) is 0 Å². The van der Waals surface area contributed by atoms with E-state index in [1.165, 1.54) is 33.3 Å². The minimum atomic E-state index is -4.67. The van der Waals surface area contributed by atoms with E-state index in [9.17, 15) is 18.0 Å². The molecule has 0 radical (unpaired) electrons. The maximum absolute atomic E-state index is 13.2. The van der Waals surface area contributed by atoms with E-state index in [1.807, 2.05) is 13.0 Å². The number of alkyl halides is 3. The summed E-state index contributed by atoms with van der Waals surface area (Å²) in [6.07, 6.45) is -4.67. The Labute approximate surface area is 183 Å². The predicted octanol–water partition coefficient (Wildman–Crippen LogP) is 4.19. The number of aryl methyl sites for hydroxylation is 1. The molecule has 0 saturated heterocycles. The van der Waals surface area contributed by atoms with E-state index in [-0.39, 0.29) is 17.9 Å². The molecule has 0 saturated carbocycles. The van der Waals surface area contributed by atoms with Crippen molar-refractivity contribution in [3.05, 3.63) is 69.8 Å². The fourth-order valence-corrected chi connectivity index (χ4v) is 3.01. The monoisotopic (exact) mass is 449 g/mol. The van der Waals surface area contributed by atoms with Crippen LogP contribution in [0.3, 0.4) is 0 Å². The number of nitriles is 1. The summed E-state index contributed by atoms with van der Waals surface area (Å²) in [5.41, 5.74) is 3.40. The van der Waals surface area contributed by atoms with Crippen LogP contribution < -0.4 is 5.48 Å². The van der Waals surface area contributed by atoms with Crippen molar-refractivity contribution in [1.29, 1.82) is 5.26 Å². The number of nitrogens with zero attached hydrogens (tertiary/aromatic N) is 2. The van der Waals surface area contributed by atoms with Crippen molar-refractivity contribution in [2.75, 3.05) is 14.2 Å². The Bertz CT molecular complexity index is 1050. The van der Waals surface area contributed by atoms with Crippen LogP contribution in [0.25, 0.3) is 0 Å². The fourth-order valence-electron chi connectivity index (χ4n) is 3.01. The van der Waals surface area contributed by atoms with Gasteiger partial charge < -0.3 is 14.4 Å². The average molecular weight is 449 g/mol. The molecule has 0 aliphatic heterocycles. The van der Waals surface area contributed by atoms with E-state index in [0.29, 0.717) is 11.1 Å². The van der Waals surface area contributed by atoms with E-state index in [0.717, 1.165) is 17.7 Å². The number of oxime groups is 1. The number of ether oxygens (including phenoxy) is 1. The molecular weight excluding hydrogens is 427 g/mol. The molecule has 0 fully saturated rings. The Balaban J connectivity index is 2.30. The van der Waals surface area contributed by atoms with Gasteiger partial charge in [0.05, 0.1) is 37.1 Å². The van der Waals surface area contributed by atoms with Crippen LogP contribution in [-0.2, 0) is 32.0 Å². The highest BCUT2D eigenvalue weighted by Crippen LogP contribution is 2.32. The molecule has 1 atom stereocenters. The van der Waals surface area contributed by atoms with Gasteiger partial charge in [-0.1, -0.05) is 29.4 Å². The fraction of sp³-hybridized carbons (Fsp3) is 0.318. The molecule has 0 heterocycles. The number of hydrogen-bond acceptors (Lipinski definition) is 7. The lowest BCUT2D eigenvalue weighted by Gasteiger charge is -2.19. The molecule has 0 bridgehead atoms. The SMILES string of the molecule is CONC(C(=O)OC)c1cccc(C)c1CO/N=C(\C)c1ccc(C#N)c(C(F)(F)F)c1. The summed E-state index contributed by atoms with van der Waals surface area (Å²) in [6, 6.07) is 9.21. The van der Waals surface area contributed by atoms with E-state index in [4.69, 9.17) is 19.7 Å². The Kier molecular flexibility index (Phi) is 8.34. The van der Waals surface area contributed by atoms with Crippen molar-refractivity contribution in [3.8, 4) is 6.07 Å². The van der Waals surface area contributed by atoms with Gasteiger partial charge in [0.25, 0.3) is 0 Å². The lowest BCUT2D eigenvalue weighted by Crippen LogP contribution is -2.30. The topological polar surface area (TPSA) is 92.9 Å². The van der Waals surface area contributed by atoms with Gasteiger partial charge in [-0.2, -0.15) is 23.9 Å². The number of carbonyl (C=O) groups excluding carboxylic acids is 1. The van der Waals surface area contributed by atoms with Gasteiger partial charge in [-0.05, 0) is 42.7 Å². The third-order valence-corrected chi connectivity index (χ3v) is 4.70. The number of rotatable bonds is 8. The van der Waals surface area contributed by atoms with Gasteiger partial charge in [0.15, 0.2) is 6.04 Å². The third-order valence-electron chi connectivity index (χ3n) is 4.70. The average Bonchev–Trinajstić information content (AvgIpc) is 2.76. The largest absolute Gasteiger partial charge is 0.468 e. The first kappa shape index (κ1) is 24.8. The molecule has 10 heteroatoms. The molecule has 2 rings (SSSR count). The molecule has 1 N–H and O–H groups in total. The minimum absolute atomic E-state index is 0.0549. The van der Waals surface area contributed by atoms with Crippen LogP contribution in [0.4, 0.5) is 13.2 Å². The number of esters is 1. The summed E-state index contributed by atoms with van der Waals surface area (Å²) in [4.78, 5) is 22.5. The van der Waals surface area contributed by atoms with E-state index in [2.05, 4.69) is 10.6 Å². The Morgan fingerprint density at radius 1 is 1.25 bits per heavy atom. The van der Waals surface area contributed by atoms with Crippen LogP contribution in [0.2, 0.25) is 0 Å². The van der Waals surface area contributed by atoms with Crippen molar-refractivity contribution >= 4 is 11.7 Å². The predicted molar refractivity (Wildman–Crippen MR) is 109 cm³/mol. The van der Waals surface area contributed by atoms with Crippen LogP contribution in [-0.4, -0.2) is 25.9 Å². The maximum atomic E-state index is 13.2. The zero-order chi connectivity index (χ0) is 23.9. The maximum Gasteiger partial charge on any atom is 0.417 e. The number of halogens is 3. The van der Waals surface area contributed by atoms with Gasteiger partial charge in [-0.3, -0.25) is 0 Å². The van der Waals surface area contributed by atoms with Crippen LogP contribution in [0.15, 0.2) is 41.6 Å². The Morgan fingerprint density at radius 3 is 2.56 bits per heavy atom. The van der Waals surface area contributed by atoms with E-state index >= 15 is 0 Å². The second-order valence-corrected chi connectivity index (χ2v) is 6.74. The van der Waals surface area contributed by atoms with Crippen molar-refractivity contribution in [2.24, 2.45) is 5.16 Å². The first-order valence-electron chi connectivity index (χ1n) is 9.37. The normalized spacial score (nSPS) is 12.8. The summed E-state index contributed by atoms with van der Waals surface area (Å²) in [5.74, 6) is -0.573. The van der Waals surface area contributed by atoms with Crippen LogP contribution in [0, 0.1) is 18.3 Å². The lowest BCUT2D eigenvalue weighted by atomic mass is 9.97. The number of methoxy groups -OCH3 is 1. The summed E-state index contributed by atoms with van der Waals surface area (Å²) >= 11 is 0. The van der Waals surface area contributed by atoms with Crippen LogP contribution >= 0.6 is 0 Å². The van der Waals surface area contributed by atoms with Gasteiger partial charge in [-0.25, -0.2) is 4.79 Å². The summed E-state index contributed by atoms with van der Waals surface area (Å²) in [5, 5.41) is 12.8. The number of hydrogen-bond donors (Lipinski definition) is 1. The lowest BCUT2D eigenvalue weighted by molar-refractivity contribution is -0.147. The molecule has 7 nitrogen and oxygen atoms in total. The molecule has 2 aromatic carbocycles. The highest BCUT2D eigenvalue weighted by Gasteiger charge is 2.34. The molecule has 0 aromatic heterocycles. The molecule has 0 amide bonds. The first-order valence-corrected chi connectivity index (χ1v) is 9.37. The minimum Gasteiger partial charge on any atom is -0.468 e. The van der Waals surface area contributed by atoms with Crippen LogP contribution in [0.1, 0.15) is 46.3 Å². The Hall–Kier alpha value is -3.42. The number of benzene rings is 2. The summed E-state index contributed by atoms with van der Waals surface area (Å²) in [7, 11) is 2.61. The summed E-state index contributed by atoms with van der Waals surface area (Å²) < 4.78 is 44.4. The zero-order valence-corrected chi connectivity index (χ0v) is 17.9. The number of hydroxylamine groups is 1.